The van der Waals surface area contributed by atoms with Crippen LogP contribution in [-0.2, 0) is 11.3 Å². The van der Waals surface area contributed by atoms with E-state index < -0.39 is 0 Å². The van der Waals surface area contributed by atoms with Crippen molar-refractivity contribution < 1.29 is 19.0 Å². The van der Waals surface area contributed by atoms with Crippen molar-refractivity contribution in [3.63, 3.8) is 0 Å². The van der Waals surface area contributed by atoms with Crippen molar-refractivity contribution in [1.82, 2.24) is 5.32 Å². The maximum absolute atomic E-state index is 12.0. The van der Waals surface area contributed by atoms with Crippen LogP contribution in [0.5, 0.6) is 17.2 Å². The molecular formula is C20H20ClNO4. The molecule has 0 aromatic heterocycles. The Morgan fingerprint density at radius 3 is 2.77 bits per heavy atom. The summed E-state index contributed by atoms with van der Waals surface area (Å²) in [6, 6.07) is 11.1. The molecule has 1 aliphatic rings. The van der Waals surface area contributed by atoms with E-state index in [1.54, 1.807) is 19.3 Å². The number of halogens is 1. The van der Waals surface area contributed by atoms with Crippen molar-refractivity contribution in [2.45, 2.75) is 13.0 Å². The third kappa shape index (κ3) is 4.70. The summed E-state index contributed by atoms with van der Waals surface area (Å²) in [6.07, 6.45) is 3.98. The van der Waals surface area contributed by atoms with Gasteiger partial charge in [0.2, 0.25) is 5.91 Å². The van der Waals surface area contributed by atoms with Crippen molar-refractivity contribution in [2.75, 3.05) is 20.3 Å². The number of amides is 1. The van der Waals surface area contributed by atoms with Crippen LogP contribution >= 0.6 is 11.6 Å². The molecule has 0 bridgehead atoms. The second-order valence-corrected chi connectivity index (χ2v) is 6.19. The number of benzene rings is 2. The number of fused-ring (bicyclic) bond motifs is 1. The molecule has 1 heterocycles. The highest BCUT2D eigenvalue weighted by Crippen LogP contribution is 2.38. The topological polar surface area (TPSA) is 56.8 Å². The maximum atomic E-state index is 12.0. The van der Waals surface area contributed by atoms with E-state index in [2.05, 4.69) is 5.32 Å². The summed E-state index contributed by atoms with van der Waals surface area (Å²) in [5.41, 5.74) is 1.77. The molecule has 26 heavy (non-hydrogen) atoms. The lowest BCUT2D eigenvalue weighted by Gasteiger charge is -2.10. The normalized spacial score (nSPS) is 13.3. The minimum Gasteiger partial charge on any atom is -0.497 e. The van der Waals surface area contributed by atoms with Gasteiger partial charge in [-0.2, -0.15) is 0 Å². The van der Waals surface area contributed by atoms with Gasteiger partial charge in [0.1, 0.15) is 5.75 Å². The second kappa shape index (κ2) is 8.63. The summed E-state index contributed by atoms with van der Waals surface area (Å²) >= 11 is 6.25. The summed E-state index contributed by atoms with van der Waals surface area (Å²) in [4.78, 5) is 12.0. The SMILES string of the molecule is COc1ccc(CNC(=O)/C=C/c2cc(Cl)c3c(c2)OCCCO3)cc1. The van der Waals surface area contributed by atoms with Crippen LogP contribution in [0, 0.1) is 0 Å². The standard InChI is InChI=1S/C20H20ClNO4/c1-24-16-6-3-14(4-7-16)13-22-19(23)8-5-15-11-17(21)20-18(12-15)25-9-2-10-26-20/h3-8,11-12H,2,9-10,13H2,1H3,(H,22,23)/b8-5+. The number of carbonyl (C=O) groups is 1. The van der Waals surface area contributed by atoms with E-state index in [1.165, 1.54) is 6.08 Å². The van der Waals surface area contributed by atoms with Gasteiger partial charge in [-0.3, -0.25) is 4.79 Å². The van der Waals surface area contributed by atoms with E-state index in [0.29, 0.717) is 36.3 Å². The van der Waals surface area contributed by atoms with Crippen LogP contribution in [0.25, 0.3) is 6.08 Å². The first-order valence-electron chi connectivity index (χ1n) is 8.33. The summed E-state index contributed by atoms with van der Waals surface area (Å²) in [7, 11) is 1.62. The molecule has 0 unspecified atom stereocenters. The van der Waals surface area contributed by atoms with Crippen LogP contribution in [0.4, 0.5) is 0 Å². The highest BCUT2D eigenvalue weighted by Gasteiger charge is 2.14. The average Bonchev–Trinajstić information content (AvgIpc) is 2.91. The Labute approximate surface area is 157 Å². The number of carbonyl (C=O) groups excluding carboxylic acids is 1. The van der Waals surface area contributed by atoms with Crippen molar-refractivity contribution in [3.8, 4) is 17.2 Å². The van der Waals surface area contributed by atoms with Crippen molar-refractivity contribution >= 4 is 23.6 Å². The summed E-state index contributed by atoms with van der Waals surface area (Å²) in [6.45, 7) is 1.60. The van der Waals surface area contributed by atoms with Crippen LogP contribution in [0.1, 0.15) is 17.5 Å². The zero-order chi connectivity index (χ0) is 18.4. The molecule has 0 spiro atoms. The Morgan fingerprint density at radius 1 is 1.23 bits per heavy atom. The van der Waals surface area contributed by atoms with E-state index in [0.717, 1.165) is 23.3 Å². The molecule has 0 aliphatic carbocycles. The first-order valence-corrected chi connectivity index (χ1v) is 8.71. The van der Waals surface area contributed by atoms with Gasteiger partial charge in [-0.25, -0.2) is 0 Å². The predicted molar refractivity (Wildman–Crippen MR) is 101 cm³/mol. The zero-order valence-corrected chi connectivity index (χ0v) is 15.2. The van der Waals surface area contributed by atoms with E-state index >= 15 is 0 Å². The molecule has 2 aromatic carbocycles. The molecule has 0 fully saturated rings. The minimum atomic E-state index is -0.191. The molecule has 5 nitrogen and oxygen atoms in total. The first kappa shape index (κ1) is 18.1. The molecule has 1 aliphatic heterocycles. The Kier molecular flexibility index (Phi) is 6.02. The van der Waals surface area contributed by atoms with Gasteiger partial charge in [0.15, 0.2) is 11.5 Å². The van der Waals surface area contributed by atoms with Gasteiger partial charge in [-0.05, 0) is 41.5 Å². The number of ether oxygens (including phenoxy) is 3. The predicted octanol–water partition coefficient (Wildman–Crippen LogP) is 3.84. The largest absolute Gasteiger partial charge is 0.497 e. The number of rotatable bonds is 5. The summed E-state index contributed by atoms with van der Waals surface area (Å²) in [5, 5.41) is 3.31. The van der Waals surface area contributed by atoms with Crippen LogP contribution in [0.3, 0.4) is 0 Å². The van der Waals surface area contributed by atoms with Gasteiger partial charge in [0, 0.05) is 19.0 Å². The van der Waals surface area contributed by atoms with Crippen molar-refractivity contribution in [1.29, 1.82) is 0 Å². The van der Waals surface area contributed by atoms with E-state index in [1.807, 2.05) is 30.3 Å². The zero-order valence-electron chi connectivity index (χ0n) is 14.5. The molecule has 6 heteroatoms. The Morgan fingerprint density at radius 2 is 2.00 bits per heavy atom. The lowest BCUT2D eigenvalue weighted by Crippen LogP contribution is -2.20. The molecule has 0 saturated heterocycles. The third-order valence-electron chi connectivity index (χ3n) is 3.88. The monoisotopic (exact) mass is 373 g/mol. The van der Waals surface area contributed by atoms with Crippen LogP contribution in [-0.4, -0.2) is 26.2 Å². The molecule has 2 aromatic rings. The van der Waals surface area contributed by atoms with Gasteiger partial charge in [-0.1, -0.05) is 23.7 Å². The number of hydrogen-bond donors (Lipinski definition) is 1. The van der Waals surface area contributed by atoms with Crippen LogP contribution < -0.4 is 19.5 Å². The van der Waals surface area contributed by atoms with Gasteiger partial charge in [0.25, 0.3) is 0 Å². The van der Waals surface area contributed by atoms with Gasteiger partial charge in [0.05, 0.1) is 25.3 Å². The molecule has 1 N–H and O–H groups in total. The molecule has 0 saturated carbocycles. The average molecular weight is 374 g/mol. The fourth-order valence-electron chi connectivity index (χ4n) is 2.51. The maximum Gasteiger partial charge on any atom is 0.244 e. The molecule has 1 amide bonds. The van der Waals surface area contributed by atoms with E-state index in [9.17, 15) is 4.79 Å². The highest BCUT2D eigenvalue weighted by molar-refractivity contribution is 6.32. The third-order valence-corrected chi connectivity index (χ3v) is 4.16. The quantitative estimate of drug-likeness (QED) is 0.809. The van der Waals surface area contributed by atoms with Crippen LogP contribution in [0.2, 0.25) is 5.02 Å². The molecule has 0 atom stereocenters. The van der Waals surface area contributed by atoms with Gasteiger partial charge >= 0.3 is 0 Å². The summed E-state index contributed by atoms with van der Waals surface area (Å²) < 4.78 is 16.4. The molecular weight excluding hydrogens is 354 g/mol. The fraction of sp³-hybridized carbons (Fsp3) is 0.250. The Hall–Kier alpha value is -2.66. The number of nitrogens with one attached hydrogen (secondary N) is 1. The lowest BCUT2D eigenvalue weighted by molar-refractivity contribution is -0.116. The van der Waals surface area contributed by atoms with Gasteiger partial charge in [-0.15, -0.1) is 0 Å². The molecule has 136 valence electrons. The van der Waals surface area contributed by atoms with Crippen molar-refractivity contribution in [3.05, 3.63) is 58.6 Å². The Balaban J connectivity index is 1.60. The second-order valence-electron chi connectivity index (χ2n) is 5.78. The fourth-order valence-corrected chi connectivity index (χ4v) is 2.78. The smallest absolute Gasteiger partial charge is 0.244 e. The highest BCUT2D eigenvalue weighted by atomic mass is 35.5. The van der Waals surface area contributed by atoms with Crippen molar-refractivity contribution in [2.24, 2.45) is 0 Å². The number of methoxy groups -OCH3 is 1. The number of hydrogen-bond acceptors (Lipinski definition) is 4. The minimum absolute atomic E-state index is 0.191. The molecule has 0 radical (unpaired) electrons. The van der Waals surface area contributed by atoms with Crippen LogP contribution in [0.15, 0.2) is 42.5 Å². The molecule has 3 rings (SSSR count). The lowest BCUT2D eigenvalue weighted by atomic mass is 10.2. The Bertz CT molecular complexity index is 802. The first-order chi connectivity index (χ1) is 12.7. The van der Waals surface area contributed by atoms with E-state index in [-0.39, 0.29) is 5.91 Å². The van der Waals surface area contributed by atoms with Gasteiger partial charge < -0.3 is 19.5 Å². The van der Waals surface area contributed by atoms with E-state index in [4.69, 9.17) is 25.8 Å². The summed E-state index contributed by atoms with van der Waals surface area (Å²) in [5.74, 6) is 1.76.